The summed E-state index contributed by atoms with van der Waals surface area (Å²) >= 11 is 5.93. The molecule has 2 unspecified atom stereocenters. The van der Waals surface area contributed by atoms with E-state index in [1.807, 2.05) is 0 Å². The van der Waals surface area contributed by atoms with Crippen LogP contribution in [0.4, 0.5) is 10.5 Å². The van der Waals surface area contributed by atoms with Crippen LogP contribution in [0, 0.1) is 0 Å². The maximum absolute atomic E-state index is 11.9. The maximum atomic E-state index is 11.9. The molecule has 2 atom stereocenters. The van der Waals surface area contributed by atoms with Crippen molar-refractivity contribution in [1.82, 2.24) is 5.32 Å². The van der Waals surface area contributed by atoms with E-state index in [9.17, 15) is 9.59 Å². The van der Waals surface area contributed by atoms with Crippen molar-refractivity contribution in [3.8, 4) is 0 Å². The van der Waals surface area contributed by atoms with Crippen molar-refractivity contribution < 1.29 is 19.1 Å². The zero-order chi connectivity index (χ0) is 15.5. The largest absolute Gasteiger partial charge is 0.442 e. The number of hydrogen-bond donors (Lipinski definition) is 1. The van der Waals surface area contributed by atoms with E-state index < -0.39 is 6.09 Å². The second-order valence-corrected chi connectivity index (χ2v) is 5.78. The first kappa shape index (κ1) is 15.1. The van der Waals surface area contributed by atoms with E-state index in [4.69, 9.17) is 21.1 Å². The number of ether oxygens (including phenoxy) is 2. The van der Waals surface area contributed by atoms with E-state index >= 15 is 0 Å². The Bertz CT molecular complexity index is 574. The lowest BCUT2D eigenvalue weighted by Gasteiger charge is -2.14. The van der Waals surface area contributed by atoms with Gasteiger partial charge in [-0.3, -0.25) is 9.69 Å². The molecule has 22 heavy (non-hydrogen) atoms. The highest BCUT2D eigenvalue weighted by atomic mass is 35.5. The summed E-state index contributed by atoms with van der Waals surface area (Å²) in [5.74, 6) is -0.144. The van der Waals surface area contributed by atoms with Crippen molar-refractivity contribution in [3.05, 3.63) is 29.3 Å². The minimum absolute atomic E-state index is 0.144. The van der Waals surface area contributed by atoms with Crippen LogP contribution >= 0.6 is 11.6 Å². The van der Waals surface area contributed by atoms with E-state index in [2.05, 4.69) is 5.32 Å². The summed E-state index contributed by atoms with van der Waals surface area (Å²) in [7, 11) is 0. The standard InChI is InChI=1S/C15H17ClN2O4/c16-10-3-1-4-11(7-10)18-9-12(22-15(18)20)8-17-14(19)13-5-2-6-21-13/h1,3-4,7,12-13H,2,5-6,8-9H2,(H,17,19). The number of nitrogens with one attached hydrogen (secondary N) is 1. The molecular weight excluding hydrogens is 308 g/mol. The number of rotatable bonds is 4. The Kier molecular flexibility index (Phi) is 4.49. The van der Waals surface area contributed by atoms with E-state index in [1.54, 1.807) is 24.3 Å². The van der Waals surface area contributed by atoms with Gasteiger partial charge in [-0.25, -0.2) is 4.79 Å². The molecule has 1 aromatic rings. The summed E-state index contributed by atoms with van der Waals surface area (Å²) in [4.78, 5) is 25.3. The fourth-order valence-corrected chi connectivity index (χ4v) is 2.78. The van der Waals surface area contributed by atoms with Gasteiger partial charge in [-0.05, 0) is 31.0 Å². The molecule has 2 aliphatic rings. The number of hydrogen-bond acceptors (Lipinski definition) is 4. The van der Waals surface area contributed by atoms with Crippen LogP contribution in [0.1, 0.15) is 12.8 Å². The summed E-state index contributed by atoms with van der Waals surface area (Å²) in [5.41, 5.74) is 0.686. The quantitative estimate of drug-likeness (QED) is 0.919. The van der Waals surface area contributed by atoms with Gasteiger partial charge in [0.05, 0.1) is 13.1 Å². The van der Waals surface area contributed by atoms with E-state index in [1.165, 1.54) is 4.90 Å². The van der Waals surface area contributed by atoms with Gasteiger partial charge in [-0.1, -0.05) is 17.7 Å². The molecule has 2 fully saturated rings. The Morgan fingerprint density at radius 2 is 2.32 bits per heavy atom. The monoisotopic (exact) mass is 324 g/mol. The molecule has 3 rings (SSSR count). The molecule has 0 saturated carbocycles. The number of cyclic esters (lactones) is 1. The summed E-state index contributed by atoms with van der Waals surface area (Å²) in [5, 5.41) is 3.33. The number of amides is 2. The molecule has 2 aliphatic heterocycles. The van der Waals surface area contributed by atoms with Gasteiger partial charge in [0.25, 0.3) is 0 Å². The molecule has 6 nitrogen and oxygen atoms in total. The fraction of sp³-hybridized carbons (Fsp3) is 0.467. The van der Waals surface area contributed by atoms with Crippen LogP contribution in [0.25, 0.3) is 0 Å². The Balaban J connectivity index is 1.54. The number of carbonyl (C=O) groups excluding carboxylic acids is 2. The van der Waals surface area contributed by atoms with Gasteiger partial charge in [-0.2, -0.15) is 0 Å². The third-order valence-electron chi connectivity index (χ3n) is 3.72. The molecule has 2 saturated heterocycles. The van der Waals surface area contributed by atoms with Crippen LogP contribution in [0.3, 0.4) is 0 Å². The van der Waals surface area contributed by atoms with Crippen molar-refractivity contribution in [2.45, 2.75) is 25.0 Å². The fourth-order valence-electron chi connectivity index (χ4n) is 2.60. The molecule has 2 heterocycles. The van der Waals surface area contributed by atoms with Crippen LogP contribution in [0.5, 0.6) is 0 Å². The van der Waals surface area contributed by atoms with Crippen molar-refractivity contribution in [2.75, 3.05) is 24.6 Å². The average molecular weight is 325 g/mol. The molecule has 2 amide bonds. The minimum Gasteiger partial charge on any atom is -0.442 e. The van der Waals surface area contributed by atoms with Gasteiger partial charge in [0.1, 0.15) is 12.2 Å². The summed E-state index contributed by atoms with van der Waals surface area (Å²) in [6, 6.07) is 7.01. The number of carbonyl (C=O) groups is 2. The predicted molar refractivity (Wildman–Crippen MR) is 81.1 cm³/mol. The molecular formula is C15H17ClN2O4. The van der Waals surface area contributed by atoms with Gasteiger partial charge in [0.2, 0.25) is 5.91 Å². The molecule has 7 heteroatoms. The molecule has 1 N–H and O–H groups in total. The highest BCUT2D eigenvalue weighted by molar-refractivity contribution is 6.30. The summed E-state index contributed by atoms with van der Waals surface area (Å²) in [6.07, 6.45) is 0.459. The number of nitrogens with zero attached hydrogens (tertiary/aromatic N) is 1. The summed E-state index contributed by atoms with van der Waals surface area (Å²) in [6.45, 7) is 1.28. The van der Waals surface area contributed by atoms with Gasteiger partial charge >= 0.3 is 6.09 Å². The van der Waals surface area contributed by atoms with Crippen LogP contribution < -0.4 is 10.2 Å². The molecule has 0 spiro atoms. The Morgan fingerprint density at radius 3 is 3.05 bits per heavy atom. The Morgan fingerprint density at radius 1 is 1.45 bits per heavy atom. The van der Waals surface area contributed by atoms with Crippen molar-refractivity contribution >= 4 is 29.3 Å². The van der Waals surface area contributed by atoms with Crippen LogP contribution in [0.2, 0.25) is 5.02 Å². The van der Waals surface area contributed by atoms with Crippen LogP contribution in [-0.4, -0.2) is 43.9 Å². The van der Waals surface area contributed by atoms with Gasteiger partial charge in [0, 0.05) is 17.3 Å². The van der Waals surface area contributed by atoms with Crippen molar-refractivity contribution in [1.29, 1.82) is 0 Å². The molecule has 1 aromatic carbocycles. The molecule has 118 valence electrons. The first-order valence-corrected chi connectivity index (χ1v) is 7.64. The smallest absolute Gasteiger partial charge is 0.414 e. The van der Waals surface area contributed by atoms with Crippen LogP contribution in [-0.2, 0) is 14.3 Å². The minimum atomic E-state index is -0.432. The predicted octanol–water partition coefficient (Wildman–Crippen LogP) is 1.96. The number of halogens is 1. The van der Waals surface area contributed by atoms with Crippen molar-refractivity contribution in [3.63, 3.8) is 0 Å². The van der Waals surface area contributed by atoms with Gasteiger partial charge in [-0.15, -0.1) is 0 Å². The van der Waals surface area contributed by atoms with Gasteiger partial charge in [0.15, 0.2) is 0 Å². The van der Waals surface area contributed by atoms with Crippen LogP contribution in [0.15, 0.2) is 24.3 Å². The molecule has 0 radical (unpaired) electrons. The van der Waals surface area contributed by atoms with E-state index in [0.717, 1.165) is 12.8 Å². The SMILES string of the molecule is O=C(NCC1CN(c2cccc(Cl)c2)C(=O)O1)C1CCCO1. The van der Waals surface area contributed by atoms with E-state index in [-0.39, 0.29) is 24.7 Å². The number of benzene rings is 1. The Hall–Kier alpha value is -1.79. The second-order valence-electron chi connectivity index (χ2n) is 5.34. The van der Waals surface area contributed by atoms with Crippen molar-refractivity contribution in [2.24, 2.45) is 0 Å². The Labute approximate surface area is 133 Å². The molecule has 0 bridgehead atoms. The zero-order valence-electron chi connectivity index (χ0n) is 12.0. The lowest BCUT2D eigenvalue weighted by molar-refractivity contribution is -0.130. The third kappa shape index (κ3) is 3.34. The summed E-state index contributed by atoms with van der Waals surface area (Å²) < 4.78 is 10.6. The zero-order valence-corrected chi connectivity index (χ0v) is 12.7. The normalized spacial score (nSPS) is 24.4. The second kappa shape index (κ2) is 6.54. The lowest BCUT2D eigenvalue weighted by Crippen LogP contribution is -2.40. The highest BCUT2D eigenvalue weighted by Crippen LogP contribution is 2.24. The average Bonchev–Trinajstić information content (AvgIpc) is 3.14. The van der Waals surface area contributed by atoms with Gasteiger partial charge < -0.3 is 14.8 Å². The molecule has 0 aromatic heterocycles. The maximum Gasteiger partial charge on any atom is 0.414 e. The topological polar surface area (TPSA) is 67.9 Å². The van der Waals surface area contributed by atoms with E-state index in [0.29, 0.717) is 23.9 Å². The molecule has 0 aliphatic carbocycles. The lowest BCUT2D eigenvalue weighted by atomic mass is 10.2. The number of anilines is 1. The first-order valence-electron chi connectivity index (χ1n) is 7.26. The first-order chi connectivity index (χ1) is 10.6. The third-order valence-corrected chi connectivity index (χ3v) is 3.96. The highest BCUT2D eigenvalue weighted by Gasteiger charge is 2.33.